The molecule has 1 atom stereocenters. The first kappa shape index (κ1) is 10.9. The standard InChI is InChI=1S/C10H18N6/c1-7-5-4-6-16(7)10-13-8(11)12-9(14-10)15(2)3/h7H,4-6H2,1-3H3,(H2,11,12,13,14). The Bertz CT molecular complexity index is 378. The van der Waals surface area contributed by atoms with Crippen LogP contribution in [0.3, 0.4) is 0 Å². The summed E-state index contributed by atoms with van der Waals surface area (Å²) in [5, 5.41) is 0. The molecule has 0 saturated carbocycles. The van der Waals surface area contributed by atoms with E-state index in [1.165, 1.54) is 12.8 Å². The molecule has 1 fully saturated rings. The number of anilines is 3. The Morgan fingerprint density at radius 3 is 2.62 bits per heavy atom. The van der Waals surface area contributed by atoms with Crippen LogP contribution in [0.1, 0.15) is 19.8 Å². The Kier molecular flexibility index (Phi) is 2.80. The van der Waals surface area contributed by atoms with Gasteiger partial charge >= 0.3 is 0 Å². The van der Waals surface area contributed by atoms with Gasteiger partial charge in [0, 0.05) is 26.7 Å². The minimum atomic E-state index is 0.285. The summed E-state index contributed by atoms with van der Waals surface area (Å²) in [5.41, 5.74) is 5.69. The van der Waals surface area contributed by atoms with Crippen molar-refractivity contribution in [2.24, 2.45) is 0 Å². The summed E-state index contributed by atoms with van der Waals surface area (Å²) in [6.45, 7) is 3.18. The van der Waals surface area contributed by atoms with E-state index in [1.807, 2.05) is 19.0 Å². The van der Waals surface area contributed by atoms with Crippen molar-refractivity contribution in [3.8, 4) is 0 Å². The van der Waals surface area contributed by atoms with Crippen LogP contribution in [-0.4, -0.2) is 41.6 Å². The monoisotopic (exact) mass is 222 g/mol. The molecule has 1 unspecified atom stereocenters. The van der Waals surface area contributed by atoms with Crippen LogP contribution in [0.4, 0.5) is 17.8 Å². The number of nitrogens with zero attached hydrogens (tertiary/aromatic N) is 5. The van der Waals surface area contributed by atoms with Crippen molar-refractivity contribution in [3.63, 3.8) is 0 Å². The molecule has 2 N–H and O–H groups in total. The Labute approximate surface area is 95.5 Å². The Morgan fingerprint density at radius 2 is 2.06 bits per heavy atom. The lowest BCUT2D eigenvalue weighted by molar-refractivity contribution is 0.714. The molecule has 1 saturated heterocycles. The third-order valence-electron chi connectivity index (χ3n) is 2.84. The molecule has 0 spiro atoms. The number of nitrogens with two attached hydrogens (primary N) is 1. The number of hydrogen-bond acceptors (Lipinski definition) is 6. The minimum Gasteiger partial charge on any atom is -0.368 e. The number of hydrogen-bond donors (Lipinski definition) is 1. The predicted molar refractivity (Wildman–Crippen MR) is 64.6 cm³/mol. The summed E-state index contributed by atoms with van der Waals surface area (Å²) in [6.07, 6.45) is 2.37. The molecule has 1 aliphatic rings. The van der Waals surface area contributed by atoms with Gasteiger partial charge in [-0.1, -0.05) is 0 Å². The van der Waals surface area contributed by atoms with Crippen molar-refractivity contribution in [3.05, 3.63) is 0 Å². The first-order valence-electron chi connectivity index (χ1n) is 5.53. The van der Waals surface area contributed by atoms with Gasteiger partial charge in [0.15, 0.2) is 0 Å². The lowest BCUT2D eigenvalue weighted by Gasteiger charge is -2.22. The molecule has 88 valence electrons. The molecule has 0 bridgehead atoms. The Morgan fingerprint density at radius 1 is 1.31 bits per heavy atom. The molecule has 6 heteroatoms. The van der Waals surface area contributed by atoms with Gasteiger partial charge in [-0.05, 0) is 19.8 Å². The molecule has 0 radical (unpaired) electrons. The van der Waals surface area contributed by atoms with Gasteiger partial charge in [-0.3, -0.25) is 0 Å². The largest absolute Gasteiger partial charge is 0.368 e. The average molecular weight is 222 g/mol. The molecular weight excluding hydrogens is 204 g/mol. The van der Waals surface area contributed by atoms with E-state index in [0.29, 0.717) is 17.9 Å². The zero-order valence-electron chi connectivity index (χ0n) is 10.0. The third-order valence-corrected chi connectivity index (χ3v) is 2.84. The van der Waals surface area contributed by atoms with E-state index in [1.54, 1.807) is 0 Å². The fraction of sp³-hybridized carbons (Fsp3) is 0.700. The highest BCUT2D eigenvalue weighted by Gasteiger charge is 2.23. The fourth-order valence-corrected chi connectivity index (χ4v) is 1.93. The van der Waals surface area contributed by atoms with Gasteiger partial charge in [-0.25, -0.2) is 0 Å². The second-order valence-corrected chi connectivity index (χ2v) is 4.37. The van der Waals surface area contributed by atoms with Crippen LogP contribution in [0.25, 0.3) is 0 Å². The number of nitrogen functional groups attached to an aromatic ring is 1. The van der Waals surface area contributed by atoms with Crippen molar-refractivity contribution < 1.29 is 0 Å². The van der Waals surface area contributed by atoms with E-state index < -0.39 is 0 Å². The molecule has 1 aromatic heterocycles. The lowest BCUT2D eigenvalue weighted by Crippen LogP contribution is -2.29. The highest BCUT2D eigenvalue weighted by molar-refractivity contribution is 5.43. The maximum Gasteiger partial charge on any atom is 0.232 e. The van der Waals surface area contributed by atoms with Crippen LogP contribution in [0.15, 0.2) is 0 Å². The third kappa shape index (κ3) is 2.00. The number of rotatable bonds is 2. The van der Waals surface area contributed by atoms with Crippen LogP contribution in [0, 0.1) is 0 Å². The summed E-state index contributed by atoms with van der Waals surface area (Å²) >= 11 is 0. The molecule has 0 aromatic carbocycles. The van der Waals surface area contributed by atoms with Gasteiger partial charge in [0.2, 0.25) is 17.8 Å². The van der Waals surface area contributed by atoms with Gasteiger partial charge in [0.25, 0.3) is 0 Å². The topological polar surface area (TPSA) is 71.2 Å². The minimum absolute atomic E-state index is 0.285. The van der Waals surface area contributed by atoms with Crippen LogP contribution >= 0.6 is 0 Å². The highest BCUT2D eigenvalue weighted by Crippen LogP contribution is 2.23. The molecule has 6 nitrogen and oxygen atoms in total. The zero-order chi connectivity index (χ0) is 11.7. The van der Waals surface area contributed by atoms with Crippen molar-refractivity contribution in [2.75, 3.05) is 36.2 Å². The van der Waals surface area contributed by atoms with E-state index in [4.69, 9.17) is 5.73 Å². The molecule has 2 rings (SSSR count). The second-order valence-electron chi connectivity index (χ2n) is 4.37. The van der Waals surface area contributed by atoms with E-state index in [9.17, 15) is 0 Å². The second kappa shape index (κ2) is 4.11. The maximum atomic E-state index is 5.69. The summed E-state index contributed by atoms with van der Waals surface area (Å²) < 4.78 is 0. The number of aromatic nitrogens is 3. The van der Waals surface area contributed by atoms with E-state index >= 15 is 0 Å². The average Bonchev–Trinajstić information content (AvgIpc) is 2.63. The van der Waals surface area contributed by atoms with Crippen molar-refractivity contribution in [1.82, 2.24) is 15.0 Å². The lowest BCUT2D eigenvalue weighted by atomic mass is 10.2. The van der Waals surface area contributed by atoms with Crippen LogP contribution in [0.2, 0.25) is 0 Å². The van der Waals surface area contributed by atoms with Crippen LogP contribution in [-0.2, 0) is 0 Å². The molecule has 0 aliphatic carbocycles. The molecule has 16 heavy (non-hydrogen) atoms. The van der Waals surface area contributed by atoms with Gasteiger partial charge in [0.1, 0.15) is 0 Å². The van der Waals surface area contributed by atoms with Crippen molar-refractivity contribution in [1.29, 1.82) is 0 Å². The van der Waals surface area contributed by atoms with Crippen molar-refractivity contribution in [2.45, 2.75) is 25.8 Å². The maximum absolute atomic E-state index is 5.69. The smallest absolute Gasteiger partial charge is 0.232 e. The first-order chi connectivity index (χ1) is 7.58. The molecule has 0 amide bonds. The van der Waals surface area contributed by atoms with Crippen LogP contribution < -0.4 is 15.5 Å². The highest BCUT2D eigenvalue weighted by atomic mass is 15.4. The SMILES string of the molecule is CC1CCCN1c1nc(N)nc(N(C)C)n1. The predicted octanol–water partition coefficient (Wildman–Crippen LogP) is 0.508. The Hall–Kier alpha value is -1.59. The van der Waals surface area contributed by atoms with E-state index in [2.05, 4.69) is 26.8 Å². The zero-order valence-corrected chi connectivity index (χ0v) is 10.0. The fourth-order valence-electron chi connectivity index (χ4n) is 1.93. The Balaban J connectivity index is 2.33. The normalized spacial score (nSPS) is 20.2. The van der Waals surface area contributed by atoms with Crippen LogP contribution in [0.5, 0.6) is 0 Å². The van der Waals surface area contributed by atoms with E-state index in [-0.39, 0.29) is 5.95 Å². The molecule has 1 aliphatic heterocycles. The van der Waals surface area contributed by atoms with Crippen molar-refractivity contribution >= 4 is 17.8 Å². The summed E-state index contributed by atoms with van der Waals surface area (Å²) in [6, 6.07) is 0.483. The molecule has 2 heterocycles. The van der Waals surface area contributed by atoms with Gasteiger partial charge in [-0.2, -0.15) is 15.0 Å². The summed E-state index contributed by atoms with van der Waals surface area (Å²) in [4.78, 5) is 16.7. The molecule has 1 aromatic rings. The summed E-state index contributed by atoms with van der Waals surface area (Å²) in [5.74, 6) is 1.59. The van der Waals surface area contributed by atoms with Gasteiger partial charge < -0.3 is 15.5 Å². The molecular formula is C10H18N6. The first-order valence-corrected chi connectivity index (χ1v) is 5.53. The van der Waals surface area contributed by atoms with E-state index in [0.717, 1.165) is 6.54 Å². The van der Waals surface area contributed by atoms with Gasteiger partial charge in [0.05, 0.1) is 0 Å². The quantitative estimate of drug-likeness (QED) is 0.786. The van der Waals surface area contributed by atoms with Gasteiger partial charge in [-0.15, -0.1) is 0 Å². The summed E-state index contributed by atoms with van der Waals surface area (Å²) in [7, 11) is 3.79.